The summed E-state index contributed by atoms with van der Waals surface area (Å²) in [4.78, 5) is 13.2. The van der Waals surface area contributed by atoms with Crippen molar-refractivity contribution in [2.75, 3.05) is 0 Å². The van der Waals surface area contributed by atoms with E-state index in [1.54, 1.807) is 16.2 Å². The summed E-state index contributed by atoms with van der Waals surface area (Å²) < 4.78 is 5.61. The number of Topliss-reactive ketones (excluding diaryl/α,β-unsaturated/α-hetero) is 1. The molecule has 2 aromatic carbocycles. The number of aryl methyl sites for hydroxylation is 1. The van der Waals surface area contributed by atoms with Crippen molar-refractivity contribution in [2.45, 2.75) is 11.8 Å². The fraction of sp³-hybridized carbons (Fsp3) is 0.0500. The molecule has 1 aliphatic heterocycles. The predicted molar refractivity (Wildman–Crippen MR) is 105 cm³/mol. The lowest BCUT2D eigenvalue weighted by Crippen LogP contribution is -1.97. The minimum atomic E-state index is -0.0431. The maximum Gasteiger partial charge on any atom is 0.232 e. The van der Waals surface area contributed by atoms with Crippen LogP contribution in [0.25, 0.3) is 0 Å². The van der Waals surface area contributed by atoms with Crippen molar-refractivity contribution >= 4 is 29.3 Å². The molecule has 3 rings (SSSR count). The van der Waals surface area contributed by atoms with Gasteiger partial charge in [0.2, 0.25) is 5.78 Å². The van der Waals surface area contributed by atoms with Crippen LogP contribution in [0.4, 0.5) is 0 Å². The molecule has 0 aliphatic carbocycles. The number of hydrogen-bond acceptors (Lipinski definition) is 4. The zero-order chi connectivity index (χ0) is 17.4. The van der Waals surface area contributed by atoms with Gasteiger partial charge in [-0.1, -0.05) is 49.2 Å². The Bertz CT molecular complexity index is 758. The molecule has 1 aliphatic rings. The van der Waals surface area contributed by atoms with E-state index >= 15 is 0 Å². The van der Waals surface area contributed by atoms with Gasteiger partial charge >= 0.3 is 0 Å². The standard InChI is InChI=1S/C16H12O2S.C4H6S/c1-11-7-8-13-14(9-11)18-15(16(13)17)10-19-12-5-3-2-4-6-12;1-3-5-4-2/h2-10H,1H3;3-4H,1-2H2/b15-10+;. The van der Waals surface area contributed by atoms with Crippen LogP contribution in [-0.4, -0.2) is 5.78 Å². The fourth-order valence-electron chi connectivity index (χ4n) is 1.97. The normalized spacial score (nSPS) is 13.5. The van der Waals surface area contributed by atoms with E-state index in [1.165, 1.54) is 23.5 Å². The van der Waals surface area contributed by atoms with Crippen LogP contribution < -0.4 is 4.74 Å². The number of carbonyl (C=O) groups is 1. The van der Waals surface area contributed by atoms with Gasteiger partial charge in [-0.3, -0.25) is 4.79 Å². The smallest absolute Gasteiger partial charge is 0.232 e. The molecule has 122 valence electrons. The van der Waals surface area contributed by atoms with E-state index < -0.39 is 0 Å². The molecule has 0 aromatic heterocycles. The Balaban J connectivity index is 0.000000368. The molecule has 0 saturated carbocycles. The lowest BCUT2D eigenvalue weighted by atomic mass is 10.1. The minimum absolute atomic E-state index is 0.0431. The molecule has 24 heavy (non-hydrogen) atoms. The average molecular weight is 354 g/mol. The van der Waals surface area contributed by atoms with Gasteiger partial charge in [0, 0.05) is 10.3 Å². The molecule has 2 nitrogen and oxygen atoms in total. The quantitative estimate of drug-likeness (QED) is 0.481. The molecule has 0 amide bonds. The summed E-state index contributed by atoms with van der Waals surface area (Å²) >= 11 is 2.98. The Morgan fingerprint density at radius 2 is 1.75 bits per heavy atom. The van der Waals surface area contributed by atoms with E-state index in [4.69, 9.17) is 4.74 Å². The molecular formula is C20H18O2S2. The summed E-state index contributed by atoms with van der Waals surface area (Å²) in [5.74, 6) is 1.01. The number of ether oxygens (including phenoxy) is 1. The molecule has 0 saturated heterocycles. The first-order valence-corrected chi connectivity index (χ1v) is 9.10. The van der Waals surface area contributed by atoms with Crippen LogP contribution in [0.3, 0.4) is 0 Å². The van der Waals surface area contributed by atoms with E-state index in [2.05, 4.69) is 13.2 Å². The number of thioether (sulfide) groups is 2. The SMILES string of the molecule is C=CSC=C.Cc1ccc2c(c1)O/C(=C/Sc1ccccc1)C2=O. The Kier molecular flexibility index (Phi) is 6.97. The molecule has 0 atom stereocenters. The van der Waals surface area contributed by atoms with Crippen LogP contribution in [0.5, 0.6) is 5.75 Å². The number of rotatable bonds is 4. The predicted octanol–water partition coefficient (Wildman–Crippen LogP) is 6.21. The number of carbonyl (C=O) groups excluding carboxylic acids is 1. The number of hydrogen-bond donors (Lipinski definition) is 0. The van der Waals surface area contributed by atoms with Crippen LogP contribution in [0.1, 0.15) is 15.9 Å². The van der Waals surface area contributed by atoms with Crippen molar-refractivity contribution in [1.29, 1.82) is 0 Å². The zero-order valence-corrected chi connectivity index (χ0v) is 15.0. The highest BCUT2D eigenvalue weighted by Crippen LogP contribution is 2.33. The topological polar surface area (TPSA) is 26.3 Å². The molecule has 0 unspecified atom stereocenters. The summed E-state index contributed by atoms with van der Waals surface area (Å²) in [6.45, 7) is 8.86. The van der Waals surface area contributed by atoms with Gasteiger partial charge in [-0.05, 0) is 47.6 Å². The Morgan fingerprint density at radius 3 is 2.38 bits per heavy atom. The Labute approximate surface area is 151 Å². The fourth-order valence-corrected chi connectivity index (χ4v) is 2.81. The number of allylic oxidation sites excluding steroid dienone is 1. The lowest BCUT2D eigenvalue weighted by Gasteiger charge is -1.99. The van der Waals surface area contributed by atoms with Gasteiger partial charge in [-0.2, -0.15) is 0 Å². The molecule has 2 aromatic rings. The first-order valence-electron chi connectivity index (χ1n) is 7.28. The highest BCUT2D eigenvalue weighted by atomic mass is 32.2. The van der Waals surface area contributed by atoms with Gasteiger partial charge in [-0.25, -0.2) is 0 Å². The Morgan fingerprint density at radius 1 is 1.04 bits per heavy atom. The maximum atomic E-state index is 12.1. The van der Waals surface area contributed by atoms with Gasteiger partial charge in [0.15, 0.2) is 5.76 Å². The van der Waals surface area contributed by atoms with Crippen LogP contribution in [0.15, 0.2) is 88.6 Å². The summed E-state index contributed by atoms with van der Waals surface area (Å²) in [6.07, 6.45) is 0. The monoisotopic (exact) mass is 354 g/mol. The number of fused-ring (bicyclic) bond motifs is 1. The van der Waals surface area contributed by atoms with Crippen molar-refractivity contribution in [2.24, 2.45) is 0 Å². The first-order chi connectivity index (χ1) is 11.7. The molecule has 0 fully saturated rings. The third-order valence-electron chi connectivity index (χ3n) is 3.06. The Hall–Kier alpha value is -2.17. The van der Waals surface area contributed by atoms with Gasteiger partial charge in [-0.15, -0.1) is 11.8 Å². The molecule has 4 heteroatoms. The molecule has 0 bridgehead atoms. The van der Waals surface area contributed by atoms with Crippen LogP contribution in [-0.2, 0) is 0 Å². The van der Waals surface area contributed by atoms with E-state index in [9.17, 15) is 4.79 Å². The summed E-state index contributed by atoms with van der Waals surface area (Å²) in [5, 5.41) is 5.23. The van der Waals surface area contributed by atoms with Gasteiger partial charge in [0.05, 0.1) is 5.56 Å². The summed E-state index contributed by atoms with van der Waals surface area (Å²) in [5.41, 5.74) is 1.73. The van der Waals surface area contributed by atoms with Crippen molar-refractivity contribution in [1.82, 2.24) is 0 Å². The van der Waals surface area contributed by atoms with Gasteiger partial charge < -0.3 is 4.74 Å². The maximum absolute atomic E-state index is 12.1. The van der Waals surface area contributed by atoms with E-state index in [0.29, 0.717) is 17.1 Å². The molecule has 0 N–H and O–H groups in total. The van der Waals surface area contributed by atoms with Crippen molar-refractivity contribution in [3.63, 3.8) is 0 Å². The highest BCUT2D eigenvalue weighted by Gasteiger charge is 2.26. The summed E-state index contributed by atoms with van der Waals surface area (Å²) in [6, 6.07) is 15.5. The number of ketones is 1. The summed E-state index contributed by atoms with van der Waals surface area (Å²) in [7, 11) is 0. The molecule has 1 heterocycles. The second-order valence-corrected chi connectivity index (χ2v) is 6.69. The second kappa shape index (κ2) is 9.21. The third kappa shape index (κ3) is 4.91. The van der Waals surface area contributed by atoms with Crippen molar-refractivity contribution < 1.29 is 9.53 Å². The first kappa shape index (κ1) is 18.2. The lowest BCUT2D eigenvalue weighted by molar-refractivity contribution is 0.101. The van der Waals surface area contributed by atoms with Crippen LogP contribution >= 0.6 is 23.5 Å². The molecule has 0 spiro atoms. The second-order valence-electron chi connectivity index (χ2n) is 4.81. The zero-order valence-electron chi connectivity index (χ0n) is 13.4. The minimum Gasteiger partial charge on any atom is -0.452 e. The van der Waals surface area contributed by atoms with E-state index in [0.717, 1.165) is 10.5 Å². The molecule has 0 radical (unpaired) electrons. The van der Waals surface area contributed by atoms with E-state index in [1.807, 2.05) is 55.5 Å². The van der Waals surface area contributed by atoms with Gasteiger partial charge in [0.1, 0.15) is 5.75 Å². The van der Waals surface area contributed by atoms with Crippen molar-refractivity contribution in [3.05, 3.63) is 94.8 Å². The largest absolute Gasteiger partial charge is 0.452 e. The van der Waals surface area contributed by atoms with Crippen LogP contribution in [0, 0.1) is 6.92 Å². The van der Waals surface area contributed by atoms with E-state index in [-0.39, 0.29) is 5.78 Å². The number of benzene rings is 2. The molecular weight excluding hydrogens is 336 g/mol. The third-order valence-corrected chi connectivity index (χ3v) is 4.32. The average Bonchev–Trinajstić information content (AvgIpc) is 2.90. The van der Waals surface area contributed by atoms with Gasteiger partial charge in [0.25, 0.3) is 0 Å². The van der Waals surface area contributed by atoms with Crippen LogP contribution in [0.2, 0.25) is 0 Å². The van der Waals surface area contributed by atoms with Crippen molar-refractivity contribution in [3.8, 4) is 5.75 Å². The highest BCUT2D eigenvalue weighted by molar-refractivity contribution is 8.04.